The van der Waals surface area contributed by atoms with E-state index in [1.165, 1.54) is 10.7 Å². The van der Waals surface area contributed by atoms with Crippen molar-refractivity contribution in [2.45, 2.75) is 13.1 Å². The molecule has 1 heterocycles. The maximum Gasteiger partial charge on any atom is 0.417 e. The molecular weight excluding hydrogens is 323 g/mol. The maximum absolute atomic E-state index is 12.8. The Hall–Kier alpha value is -1.50. The molecule has 19 heavy (non-hydrogen) atoms. The van der Waals surface area contributed by atoms with E-state index in [4.69, 9.17) is 5.73 Å². The van der Waals surface area contributed by atoms with E-state index in [1.807, 2.05) is 0 Å². The molecule has 1 aromatic carbocycles. The SMILES string of the molecule is Cc1c(-c2ccc(Br)c(C(F)(F)F)c2)nn(C)c1N. The van der Waals surface area contributed by atoms with Gasteiger partial charge in [0.1, 0.15) is 5.82 Å². The van der Waals surface area contributed by atoms with E-state index < -0.39 is 11.7 Å². The molecule has 0 atom stereocenters. The van der Waals surface area contributed by atoms with E-state index in [-0.39, 0.29) is 4.47 Å². The Morgan fingerprint density at radius 1 is 1.32 bits per heavy atom. The second-order valence-corrected chi connectivity index (χ2v) is 5.03. The molecule has 0 amide bonds. The van der Waals surface area contributed by atoms with Gasteiger partial charge in [-0.3, -0.25) is 4.68 Å². The molecule has 0 fully saturated rings. The van der Waals surface area contributed by atoms with Crippen LogP contribution in [0.15, 0.2) is 22.7 Å². The number of aromatic nitrogens is 2. The fraction of sp³-hybridized carbons (Fsp3) is 0.250. The van der Waals surface area contributed by atoms with Crippen molar-refractivity contribution in [3.05, 3.63) is 33.8 Å². The number of hydrogen-bond donors (Lipinski definition) is 1. The number of alkyl halides is 3. The number of rotatable bonds is 1. The van der Waals surface area contributed by atoms with Crippen molar-refractivity contribution < 1.29 is 13.2 Å². The van der Waals surface area contributed by atoms with Crippen LogP contribution >= 0.6 is 15.9 Å². The summed E-state index contributed by atoms with van der Waals surface area (Å²) in [5.41, 5.74) is 6.55. The van der Waals surface area contributed by atoms with Gasteiger partial charge in [0, 0.05) is 22.6 Å². The summed E-state index contributed by atoms with van der Waals surface area (Å²) in [6.45, 7) is 1.73. The van der Waals surface area contributed by atoms with Crippen molar-refractivity contribution in [2.75, 3.05) is 5.73 Å². The molecule has 2 N–H and O–H groups in total. The van der Waals surface area contributed by atoms with Gasteiger partial charge in [-0.25, -0.2) is 0 Å². The van der Waals surface area contributed by atoms with Crippen LogP contribution in [0.25, 0.3) is 11.3 Å². The third-order valence-electron chi connectivity index (χ3n) is 2.88. The molecule has 0 aliphatic carbocycles. The second kappa shape index (κ2) is 4.56. The zero-order valence-electron chi connectivity index (χ0n) is 10.2. The lowest BCUT2D eigenvalue weighted by Crippen LogP contribution is -2.06. The first-order valence-electron chi connectivity index (χ1n) is 5.38. The largest absolute Gasteiger partial charge is 0.417 e. The summed E-state index contributed by atoms with van der Waals surface area (Å²) in [6.07, 6.45) is -4.41. The van der Waals surface area contributed by atoms with Crippen LogP contribution in [0.4, 0.5) is 19.0 Å². The Morgan fingerprint density at radius 2 is 1.95 bits per heavy atom. The predicted molar refractivity (Wildman–Crippen MR) is 70.5 cm³/mol. The lowest BCUT2D eigenvalue weighted by atomic mass is 10.1. The Balaban J connectivity index is 2.61. The van der Waals surface area contributed by atoms with Gasteiger partial charge in [-0.2, -0.15) is 18.3 Å². The Morgan fingerprint density at radius 3 is 2.42 bits per heavy atom. The molecule has 0 bridgehead atoms. The van der Waals surface area contributed by atoms with Crippen molar-refractivity contribution in [1.82, 2.24) is 9.78 Å². The predicted octanol–water partition coefficient (Wildman–Crippen LogP) is 3.76. The van der Waals surface area contributed by atoms with Crippen LogP contribution in [-0.2, 0) is 13.2 Å². The quantitative estimate of drug-likeness (QED) is 0.863. The standard InChI is InChI=1S/C12H11BrF3N3/c1-6-10(18-19(2)11(6)17)7-3-4-9(13)8(5-7)12(14,15)16/h3-5H,17H2,1-2H3. The molecule has 0 unspecified atom stereocenters. The van der Waals surface area contributed by atoms with Crippen molar-refractivity contribution in [3.8, 4) is 11.3 Å². The summed E-state index contributed by atoms with van der Waals surface area (Å²) in [5, 5.41) is 4.14. The topological polar surface area (TPSA) is 43.8 Å². The number of hydrogen-bond acceptors (Lipinski definition) is 2. The van der Waals surface area contributed by atoms with Crippen LogP contribution in [0.1, 0.15) is 11.1 Å². The minimum absolute atomic E-state index is 0.00491. The molecular formula is C12H11BrF3N3. The van der Waals surface area contributed by atoms with Crippen LogP contribution in [0.5, 0.6) is 0 Å². The summed E-state index contributed by atoms with van der Waals surface area (Å²) in [7, 11) is 1.65. The Kier molecular flexibility index (Phi) is 3.34. The number of benzene rings is 1. The van der Waals surface area contributed by atoms with E-state index in [0.29, 0.717) is 22.6 Å². The van der Waals surface area contributed by atoms with Gasteiger partial charge in [-0.1, -0.05) is 22.0 Å². The summed E-state index contributed by atoms with van der Waals surface area (Å²) in [5.74, 6) is 0.437. The lowest BCUT2D eigenvalue weighted by Gasteiger charge is -2.10. The second-order valence-electron chi connectivity index (χ2n) is 4.17. The molecule has 2 rings (SSSR count). The normalized spacial score (nSPS) is 11.9. The van der Waals surface area contributed by atoms with Crippen LogP contribution in [-0.4, -0.2) is 9.78 Å². The molecule has 2 aromatic rings. The molecule has 0 radical (unpaired) electrons. The highest BCUT2D eigenvalue weighted by molar-refractivity contribution is 9.10. The van der Waals surface area contributed by atoms with Crippen molar-refractivity contribution in [2.24, 2.45) is 7.05 Å². The summed E-state index contributed by atoms with van der Waals surface area (Å²) in [6, 6.07) is 4.01. The molecule has 0 aliphatic rings. The fourth-order valence-electron chi connectivity index (χ4n) is 1.81. The van der Waals surface area contributed by atoms with E-state index in [2.05, 4.69) is 21.0 Å². The lowest BCUT2D eigenvalue weighted by molar-refractivity contribution is -0.138. The average Bonchev–Trinajstić information content (AvgIpc) is 2.56. The molecule has 0 saturated heterocycles. The minimum atomic E-state index is -4.41. The van der Waals surface area contributed by atoms with Gasteiger partial charge in [0.15, 0.2) is 0 Å². The molecule has 0 aliphatic heterocycles. The van der Waals surface area contributed by atoms with E-state index in [1.54, 1.807) is 20.0 Å². The fourth-order valence-corrected chi connectivity index (χ4v) is 2.28. The first-order valence-corrected chi connectivity index (χ1v) is 6.17. The third kappa shape index (κ3) is 2.47. The zero-order chi connectivity index (χ0) is 14.4. The Labute approximate surface area is 116 Å². The van der Waals surface area contributed by atoms with Gasteiger partial charge in [-0.15, -0.1) is 0 Å². The molecule has 102 valence electrons. The van der Waals surface area contributed by atoms with Crippen molar-refractivity contribution in [3.63, 3.8) is 0 Å². The highest BCUT2D eigenvalue weighted by Crippen LogP contribution is 2.38. The molecule has 0 saturated carbocycles. The molecule has 0 spiro atoms. The van der Waals surface area contributed by atoms with Gasteiger partial charge in [-0.05, 0) is 19.1 Å². The number of nitrogens with two attached hydrogens (primary N) is 1. The highest BCUT2D eigenvalue weighted by atomic mass is 79.9. The first kappa shape index (κ1) is 13.9. The van der Waals surface area contributed by atoms with E-state index in [9.17, 15) is 13.2 Å². The van der Waals surface area contributed by atoms with Crippen molar-refractivity contribution >= 4 is 21.7 Å². The maximum atomic E-state index is 12.8. The van der Waals surface area contributed by atoms with Gasteiger partial charge in [0.05, 0.1) is 11.3 Å². The monoisotopic (exact) mass is 333 g/mol. The summed E-state index contributed by atoms with van der Waals surface area (Å²) < 4.78 is 40.0. The highest BCUT2D eigenvalue weighted by Gasteiger charge is 2.33. The molecule has 7 heteroatoms. The van der Waals surface area contributed by atoms with Gasteiger partial charge >= 0.3 is 6.18 Å². The molecule has 1 aromatic heterocycles. The average molecular weight is 334 g/mol. The number of nitrogens with zero attached hydrogens (tertiary/aromatic N) is 2. The van der Waals surface area contributed by atoms with Gasteiger partial charge in [0.25, 0.3) is 0 Å². The van der Waals surface area contributed by atoms with E-state index >= 15 is 0 Å². The van der Waals surface area contributed by atoms with Crippen molar-refractivity contribution in [1.29, 1.82) is 0 Å². The smallest absolute Gasteiger partial charge is 0.384 e. The minimum Gasteiger partial charge on any atom is -0.384 e. The third-order valence-corrected chi connectivity index (χ3v) is 3.57. The van der Waals surface area contributed by atoms with E-state index in [0.717, 1.165) is 6.07 Å². The number of anilines is 1. The number of halogens is 4. The zero-order valence-corrected chi connectivity index (χ0v) is 11.8. The number of aryl methyl sites for hydroxylation is 1. The van der Waals surface area contributed by atoms with Gasteiger partial charge in [0.2, 0.25) is 0 Å². The van der Waals surface area contributed by atoms with Crippen LogP contribution in [0, 0.1) is 6.92 Å². The van der Waals surface area contributed by atoms with Gasteiger partial charge < -0.3 is 5.73 Å². The summed E-state index contributed by atoms with van der Waals surface area (Å²) in [4.78, 5) is 0. The Bertz CT molecular complexity index is 632. The van der Waals surface area contributed by atoms with Crippen LogP contribution in [0.2, 0.25) is 0 Å². The molecule has 3 nitrogen and oxygen atoms in total. The van der Waals surface area contributed by atoms with Crippen LogP contribution in [0.3, 0.4) is 0 Å². The van der Waals surface area contributed by atoms with Crippen LogP contribution < -0.4 is 5.73 Å². The summed E-state index contributed by atoms with van der Waals surface area (Å²) >= 11 is 2.91. The number of nitrogen functional groups attached to an aromatic ring is 1. The first-order chi connectivity index (χ1) is 8.71.